The van der Waals surface area contributed by atoms with Gasteiger partial charge in [0.25, 0.3) is 0 Å². The highest BCUT2D eigenvalue weighted by atomic mass is 79.9. The van der Waals surface area contributed by atoms with Crippen molar-refractivity contribution < 1.29 is 9.50 Å². The van der Waals surface area contributed by atoms with Gasteiger partial charge in [-0.3, -0.25) is 0 Å². The van der Waals surface area contributed by atoms with Crippen LogP contribution in [0.1, 0.15) is 16.5 Å². The van der Waals surface area contributed by atoms with E-state index in [0.29, 0.717) is 4.88 Å². The van der Waals surface area contributed by atoms with E-state index >= 15 is 0 Å². The number of thiophene rings is 1. The van der Waals surface area contributed by atoms with E-state index in [4.69, 9.17) is 11.6 Å². The molecule has 0 aliphatic carbocycles. The lowest BCUT2D eigenvalue weighted by Gasteiger charge is -2.11. The largest absolute Gasteiger partial charge is 0.383 e. The van der Waals surface area contributed by atoms with Crippen molar-refractivity contribution in [2.75, 3.05) is 0 Å². The topological polar surface area (TPSA) is 20.2 Å². The number of hydrogen-bond acceptors (Lipinski definition) is 2. The van der Waals surface area contributed by atoms with Crippen molar-refractivity contribution in [3.63, 3.8) is 0 Å². The van der Waals surface area contributed by atoms with Crippen LogP contribution in [0.3, 0.4) is 0 Å². The first-order valence-electron chi connectivity index (χ1n) is 4.46. The first-order valence-corrected chi connectivity index (χ1v) is 6.51. The Kier molecular flexibility index (Phi) is 3.64. The highest BCUT2D eigenvalue weighted by molar-refractivity contribution is 9.10. The molecule has 5 heteroatoms. The molecule has 1 aromatic carbocycles. The van der Waals surface area contributed by atoms with Crippen LogP contribution in [-0.4, -0.2) is 5.11 Å². The second-order valence-corrected chi connectivity index (χ2v) is 5.39. The summed E-state index contributed by atoms with van der Waals surface area (Å²) >= 11 is 10.3. The fourth-order valence-electron chi connectivity index (χ4n) is 1.37. The summed E-state index contributed by atoms with van der Waals surface area (Å²) in [5, 5.41) is 11.9. The molecule has 0 saturated carbocycles. The van der Waals surface area contributed by atoms with E-state index in [1.807, 2.05) is 11.4 Å². The predicted octanol–water partition coefficient (Wildman–Crippen LogP) is 4.38. The van der Waals surface area contributed by atoms with E-state index in [-0.39, 0.29) is 10.6 Å². The molecule has 0 saturated heterocycles. The molecule has 2 rings (SSSR count). The number of rotatable bonds is 2. The Hall–Kier alpha value is -0.420. The molecule has 84 valence electrons. The molecular weight excluding hydrogens is 315 g/mol. The summed E-state index contributed by atoms with van der Waals surface area (Å²) < 4.78 is 14.4. The minimum Gasteiger partial charge on any atom is -0.383 e. The molecule has 0 aliphatic rings. The molecule has 2 aromatic rings. The van der Waals surface area contributed by atoms with E-state index in [1.165, 1.54) is 23.5 Å². The summed E-state index contributed by atoms with van der Waals surface area (Å²) in [5.74, 6) is -0.572. The molecule has 0 bridgehead atoms. The highest BCUT2D eigenvalue weighted by Crippen LogP contribution is 2.35. The van der Waals surface area contributed by atoms with Crippen molar-refractivity contribution in [2.24, 2.45) is 0 Å². The van der Waals surface area contributed by atoms with Gasteiger partial charge in [0.15, 0.2) is 0 Å². The zero-order valence-electron chi connectivity index (χ0n) is 7.95. The van der Waals surface area contributed by atoms with E-state index in [2.05, 4.69) is 15.9 Å². The monoisotopic (exact) mass is 320 g/mol. The maximum atomic E-state index is 13.7. The average molecular weight is 322 g/mol. The van der Waals surface area contributed by atoms with Crippen LogP contribution >= 0.6 is 38.9 Å². The summed E-state index contributed by atoms with van der Waals surface area (Å²) in [7, 11) is 0. The number of aliphatic hydroxyl groups is 1. The van der Waals surface area contributed by atoms with Crippen molar-refractivity contribution in [1.29, 1.82) is 0 Å². The Bertz CT molecular complexity index is 514. The summed E-state index contributed by atoms with van der Waals surface area (Å²) in [6.45, 7) is 0. The van der Waals surface area contributed by atoms with Crippen LogP contribution in [0.15, 0.2) is 34.1 Å². The van der Waals surface area contributed by atoms with Crippen molar-refractivity contribution in [3.05, 3.63) is 55.4 Å². The normalized spacial score (nSPS) is 12.8. The maximum Gasteiger partial charge on any atom is 0.147 e. The second kappa shape index (κ2) is 4.84. The van der Waals surface area contributed by atoms with Crippen molar-refractivity contribution in [3.8, 4) is 0 Å². The van der Waals surface area contributed by atoms with Gasteiger partial charge in [-0.15, -0.1) is 11.3 Å². The molecule has 0 radical (unpaired) electrons. The fraction of sp³-hybridized carbons (Fsp3) is 0.0909. The van der Waals surface area contributed by atoms with Gasteiger partial charge in [-0.1, -0.05) is 23.7 Å². The Morgan fingerprint density at radius 2 is 2.12 bits per heavy atom. The van der Waals surface area contributed by atoms with Crippen molar-refractivity contribution in [1.82, 2.24) is 0 Å². The maximum absolute atomic E-state index is 13.7. The smallest absolute Gasteiger partial charge is 0.147 e. The third-order valence-corrected chi connectivity index (χ3v) is 4.38. The quantitative estimate of drug-likeness (QED) is 0.870. The number of aliphatic hydroxyl groups excluding tert-OH is 1. The summed E-state index contributed by atoms with van der Waals surface area (Å²) in [6.07, 6.45) is -0.993. The molecule has 1 N–H and O–H groups in total. The van der Waals surface area contributed by atoms with Gasteiger partial charge in [0.05, 0.1) is 9.90 Å². The third-order valence-electron chi connectivity index (χ3n) is 2.17. The molecule has 0 fully saturated rings. The molecular formula is C11H7BrClFOS. The SMILES string of the molecule is OC(c1cccc(Cl)c1F)c1sccc1Br. The summed E-state index contributed by atoms with van der Waals surface area (Å²) in [4.78, 5) is 0.668. The van der Waals surface area contributed by atoms with Gasteiger partial charge >= 0.3 is 0 Å². The molecule has 1 aromatic heterocycles. The molecule has 0 aliphatic heterocycles. The van der Waals surface area contributed by atoms with Crippen LogP contribution in [0, 0.1) is 5.82 Å². The Morgan fingerprint density at radius 1 is 1.38 bits per heavy atom. The van der Waals surface area contributed by atoms with Crippen LogP contribution in [0.5, 0.6) is 0 Å². The Balaban J connectivity index is 2.46. The Morgan fingerprint density at radius 3 is 2.75 bits per heavy atom. The van der Waals surface area contributed by atoms with Crippen LogP contribution < -0.4 is 0 Å². The number of halogens is 3. The van der Waals surface area contributed by atoms with Gasteiger partial charge in [0.2, 0.25) is 0 Å². The van der Waals surface area contributed by atoms with Crippen LogP contribution in [0.25, 0.3) is 0 Å². The van der Waals surface area contributed by atoms with Gasteiger partial charge in [-0.2, -0.15) is 0 Å². The predicted molar refractivity (Wildman–Crippen MR) is 67.5 cm³/mol. The lowest BCUT2D eigenvalue weighted by atomic mass is 10.1. The molecule has 0 amide bonds. The van der Waals surface area contributed by atoms with Gasteiger partial charge in [-0.05, 0) is 33.4 Å². The van der Waals surface area contributed by atoms with Crippen LogP contribution in [-0.2, 0) is 0 Å². The summed E-state index contributed by atoms with van der Waals surface area (Å²) in [6, 6.07) is 6.41. The first kappa shape index (κ1) is 12.0. The van der Waals surface area contributed by atoms with E-state index in [9.17, 15) is 9.50 Å². The highest BCUT2D eigenvalue weighted by Gasteiger charge is 2.19. The van der Waals surface area contributed by atoms with Crippen molar-refractivity contribution >= 4 is 38.9 Å². The third kappa shape index (κ3) is 2.15. The van der Waals surface area contributed by atoms with Gasteiger partial charge in [-0.25, -0.2) is 4.39 Å². The molecule has 1 heterocycles. The van der Waals surface area contributed by atoms with E-state index < -0.39 is 11.9 Å². The molecule has 1 nitrogen and oxygen atoms in total. The van der Waals surface area contributed by atoms with Crippen LogP contribution in [0.2, 0.25) is 5.02 Å². The molecule has 1 unspecified atom stereocenters. The number of benzene rings is 1. The standard InChI is InChI=1S/C11H7BrClFOS/c12-7-4-5-16-11(7)10(15)6-2-1-3-8(13)9(6)14/h1-5,10,15H. The molecule has 0 spiro atoms. The number of hydrogen-bond donors (Lipinski definition) is 1. The van der Waals surface area contributed by atoms with Gasteiger partial charge in [0.1, 0.15) is 11.9 Å². The second-order valence-electron chi connectivity index (χ2n) is 3.18. The molecule has 1 atom stereocenters. The lowest BCUT2D eigenvalue weighted by Crippen LogP contribution is -2.01. The first-order chi connectivity index (χ1) is 7.61. The van der Waals surface area contributed by atoms with E-state index in [0.717, 1.165) is 4.47 Å². The Labute approximate surface area is 110 Å². The van der Waals surface area contributed by atoms with Crippen molar-refractivity contribution in [2.45, 2.75) is 6.10 Å². The van der Waals surface area contributed by atoms with Gasteiger partial charge in [0, 0.05) is 10.0 Å². The van der Waals surface area contributed by atoms with Crippen LogP contribution in [0.4, 0.5) is 4.39 Å². The zero-order chi connectivity index (χ0) is 11.7. The zero-order valence-corrected chi connectivity index (χ0v) is 11.1. The lowest BCUT2D eigenvalue weighted by molar-refractivity contribution is 0.218. The summed E-state index contributed by atoms with van der Waals surface area (Å²) in [5.41, 5.74) is 0.190. The van der Waals surface area contributed by atoms with Gasteiger partial charge < -0.3 is 5.11 Å². The molecule has 16 heavy (non-hydrogen) atoms. The average Bonchev–Trinajstić information content (AvgIpc) is 2.68. The minimum atomic E-state index is -0.993. The van der Waals surface area contributed by atoms with E-state index in [1.54, 1.807) is 6.07 Å². The fourth-order valence-corrected chi connectivity index (χ4v) is 3.15. The minimum absolute atomic E-state index is 0.0178.